The van der Waals surface area contributed by atoms with Gasteiger partial charge in [-0.15, -0.1) is 0 Å². The van der Waals surface area contributed by atoms with Crippen LogP contribution in [0.2, 0.25) is 0 Å². The molecule has 19 heavy (non-hydrogen) atoms. The van der Waals surface area contributed by atoms with Crippen LogP contribution < -0.4 is 11.5 Å². The second-order valence-corrected chi connectivity index (χ2v) is 4.18. The van der Waals surface area contributed by atoms with Gasteiger partial charge in [-0.3, -0.25) is 4.98 Å². The number of benzene rings is 1. The van der Waals surface area contributed by atoms with E-state index in [0.29, 0.717) is 11.3 Å². The molecule has 0 aliphatic rings. The maximum atomic E-state index is 13.1. The molecule has 0 radical (unpaired) electrons. The topological polar surface area (TPSA) is 64.9 Å². The molecule has 1 unspecified atom stereocenters. The first-order valence-corrected chi connectivity index (χ1v) is 5.57. The van der Waals surface area contributed by atoms with Crippen LogP contribution in [0, 0.1) is 17.5 Å². The number of pyridine rings is 1. The van der Waals surface area contributed by atoms with Crippen LogP contribution in [0.1, 0.15) is 17.2 Å². The Morgan fingerprint density at radius 2 is 1.79 bits per heavy atom. The summed E-state index contributed by atoms with van der Waals surface area (Å²) in [6.45, 7) is 0. The summed E-state index contributed by atoms with van der Waals surface area (Å²) in [6, 6.07) is 2.68. The van der Waals surface area contributed by atoms with Crippen molar-refractivity contribution in [3.8, 4) is 0 Å². The monoisotopic (exact) mass is 267 g/mol. The van der Waals surface area contributed by atoms with Crippen molar-refractivity contribution in [2.75, 3.05) is 5.73 Å². The van der Waals surface area contributed by atoms with Crippen LogP contribution in [0.25, 0.3) is 0 Å². The molecule has 0 bridgehead atoms. The molecular weight excluding hydrogens is 255 g/mol. The number of nitrogens with zero attached hydrogens (tertiary/aromatic N) is 1. The molecule has 0 fully saturated rings. The lowest BCUT2D eigenvalue weighted by atomic mass is 9.99. The summed E-state index contributed by atoms with van der Waals surface area (Å²) in [5.41, 5.74) is 12.9. The van der Waals surface area contributed by atoms with Gasteiger partial charge < -0.3 is 11.5 Å². The summed E-state index contributed by atoms with van der Waals surface area (Å²) in [6.07, 6.45) is 3.32. The van der Waals surface area contributed by atoms with Gasteiger partial charge in [-0.2, -0.15) is 0 Å². The lowest BCUT2D eigenvalue weighted by Gasteiger charge is -2.14. The van der Waals surface area contributed by atoms with Crippen LogP contribution in [0.3, 0.4) is 0 Å². The lowest BCUT2D eigenvalue weighted by Crippen LogP contribution is -2.15. The minimum Gasteiger partial charge on any atom is -0.398 e. The van der Waals surface area contributed by atoms with Crippen molar-refractivity contribution < 1.29 is 13.2 Å². The number of rotatable bonds is 3. The zero-order valence-corrected chi connectivity index (χ0v) is 9.91. The molecule has 1 heterocycles. The van der Waals surface area contributed by atoms with Crippen molar-refractivity contribution >= 4 is 5.69 Å². The summed E-state index contributed by atoms with van der Waals surface area (Å²) < 4.78 is 39.1. The third kappa shape index (κ3) is 2.85. The first-order chi connectivity index (χ1) is 8.99. The van der Waals surface area contributed by atoms with Crippen molar-refractivity contribution in [2.45, 2.75) is 12.5 Å². The Morgan fingerprint density at radius 1 is 1.16 bits per heavy atom. The maximum Gasteiger partial charge on any atom is 0.194 e. The van der Waals surface area contributed by atoms with E-state index in [9.17, 15) is 13.2 Å². The summed E-state index contributed by atoms with van der Waals surface area (Å²) in [5, 5.41) is 0. The average Bonchev–Trinajstić information content (AvgIpc) is 2.38. The van der Waals surface area contributed by atoms with E-state index >= 15 is 0 Å². The second-order valence-electron chi connectivity index (χ2n) is 4.18. The SMILES string of the molecule is Nc1ccncc1CC(N)c1cc(F)c(F)c(F)c1. The van der Waals surface area contributed by atoms with Crippen molar-refractivity contribution in [1.29, 1.82) is 0 Å². The van der Waals surface area contributed by atoms with E-state index in [1.54, 1.807) is 6.07 Å². The first-order valence-electron chi connectivity index (χ1n) is 5.57. The van der Waals surface area contributed by atoms with Gasteiger partial charge in [-0.05, 0) is 35.7 Å². The van der Waals surface area contributed by atoms with Crippen LogP contribution in [-0.2, 0) is 6.42 Å². The normalized spacial score (nSPS) is 12.4. The van der Waals surface area contributed by atoms with Gasteiger partial charge >= 0.3 is 0 Å². The molecule has 2 aromatic rings. The highest BCUT2D eigenvalue weighted by molar-refractivity contribution is 5.45. The number of anilines is 1. The minimum absolute atomic E-state index is 0.166. The van der Waals surface area contributed by atoms with E-state index in [4.69, 9.17) is 11.5 Å². The number of hydrogen-bond acceptors (Lipinski definition) is 3. The molecule has 1 aromatic carbocycles. The largest absolute Gasteiger partial charge is 0.398 e. The third-order valence-electron chi connectivity index (χ3n) is 2.82. The Kier molecular flexibility index (Phi) is 3.71. The van der Waals surface area contributed by atoms with Gasteiger partial charge in [0.2, 0.25) is 0 Å². The second kappa shape index (κ2) is 5.27. The van der Waals surface area contributed by atoms with Crippen molar-refractivity contribution in [2.24, 2.45) is 5.73 Å². The molecule has 0 saturated carbocycles. The Labute approximate surface area is 108 Å². The standard InChI is InChI=1S/C13H12F3N3/c14-9-3-7(4-10(15)13(9)16)12(18)5-8-6-19-2-1-11(8)17/h1-4,6,12H,5,18H2,(H2,17,19). The summed E-state index contributed by atoms with van der Waals surface area (Å²) in [7, 11) is 0. The van der Waals surface area contributed by atoms with E-state index in [1.165, 1.54) is 12.4 Å². The predicted molar refractivity (Wildman–Crippen MR) is 65.6 cm³/mol. The third-order valence-corrected chi connectivity index (χ3v) is 2.82. The summed E-state index contributed by atoms with van der Waals surface area (Å²) >= 11 is 0. The molecule has 3 nitrogen and oxygen atoms in total. The van der Waals surface area contributed by atoms with Gasteiger partial charge in [0.05, 0.1) is 0 Å². The summed E-state index contributed by atoms with van der Waals surface area (Å²) in [4.78, 5) is 3.90. The molecule has 0 aliphatic heterocycles. The fourth-order valence-electron chi connectivity index (χ4n) is 1.75. The van der Waals surface area contributed by atoms with Gasteiger partial charge in [-0.1, -0.05) is 0 Å². The van der Waals surface area contributed by atoms with Crippen LogP contribution in [0.4, 0.5) is 18.9 Å². The van der Waals surface area contributed by atoms with Crippen LogP contribution in [-0.4, -0.2) is 4.98 Å². The van der Waals surface area contributed by atoms with E-state index in [-0.39, 0.29) is 12.0 Å². The van der Waals surface area contributed by atoms with Gasteiger partial charge in [0.25, 0.3) is 0 Å². The van der Waals surface area contributed by atoms with Crippen molar-refractivity contribution in [3.05, 3.63) is 59.2 Å². The van der Waals surface area contributed by atoms with E-state index in [2.05, 4.69) is 4.98 Å². The van der Waals surface area contributed by atoms with Crippen LogP contribution in [0.15, 0.2) is 30.6 Å². The van der Waals surface area contributed by atoms with Crippen LogP contribution >= 0.6 is 0 Å². The highest BCUT2D eigenvalue weighted by Gasteiger charge is 2.15. The predicted octanol–water partition coefficient (Wildman–Crippen LogP) is 2.32. The molecule has 0 spiro atoms. The van der Waals surface area contributed by atoms with Crippen molar-refractivity contribution in [1.82, 2.24) is 4.98 Å². The van der Waals surface area contributed by atoms with Crippen molar-refractivity contribution in [3.63, 3.8) is 0 Å². The first kappa shape index (κ1) is 13.4. The Bertz CT molecular complexity index is 578. The molecule has 0 amide bonds. The molecule has 2 rings (SSSR count). The lowest BCUT2D eigenvalue weighted by molar-refractivity contribution is 0.443. The van der Waals surface area contributed by atoms with E-state index in [1.807, 2.05) is 0 Å². The van der Waals surface area contributed by atoms with E-state index in [0.717, 1.165) is 12.1 Å². The number of halogens is 3. The summed E-state index contributed by atoms with van der Waals surface area (Å²) in [5.74, 6) is -4.02. The van der Waals surface area contributed by atoms with Gasteiger partial charge in [0, 0.05) is 24.1 Å². The number of nitrogens with two attached hydrogens (primary N) is 2. The molecule has 100 valence electrons. The smallest absolute Gasteiger partial charge is 0.194 e. The zero-order valence-electron chi connectivity index (χ0n) is 9.91. The Balaban J connectivity index is 2.26. The highest BCUT2D eigenvalue weighted by Crippen LogP contribution is 2.22. The van der Waals surface area contributed by atoms with E-state index < -0.39 is 23.5 Å². The number of aromatic nitrogens is 1. The number of nitrogen functional groups attached to an aromatic ring is 1. The average molecular weight is 267 g/mol. The van der Waals surface area contributed by atoms with Gasteiger partial charge in [-0.25, -0.2) is 13.2 Å². The molecule has 0 saturated heterocycles. The Hall–Kier alpha value is -2.08. The fraction of sp³-hybridized carbons (Fsp3) is 0.154. The molecule has 0 aliphatic carbocycles. The Morgan fingerprint density at radius 3 is 2.37 bits per heavy atom. The molecule has 1 atom stereocenters. The molecule has 1 aromatic heterocycles. The minimum atomic E-state index is -1.50. The highest BCUT2D eigenvalue weighted by atomic mass is 19.2. The maximum absolute atomic E-state index is 13.1. The quantitative estimate of drug-likeness (QED) is 0.839. The molecular formula is C13H12F3N3. The zero-order chi connectivity index (χ0) is 14.0. The van der Waals surface area contributed by atoms with Gasteiger partial charge in [0.1, 0.15) is 0 Å². The number of hydrogen-bond donors (Lipinski definition) is 2. The van der Waals surface area contributed by atoms with Gasteiger partial charge in [0.15, 0.2) is 17.5 Å². The fourth-order valence-corrected chi connectivity index (χ4v) is 1.75. The molecule has 6 heteroatoms. The van der Waals surface area contributed by atoms with Crippen LogP contribution in [0.5, 0.6) is 0 Å². The molecule has 4 N–H and O–H groups in total.